The highest BCUT2D eigenvalue weighted by Crippen LogP contribution is 2.14. The summed E-state index contributed by atoms with van der Waals surface area (Å²) in [5.41, 5.74) is 1.90. The van der Waals surface area contributed by atoms with Gasteiger partial charge in [0.05, 0.1) is 18.1 Å². The monoisotopic (exact) mass is 378 g/mol. The summed E-state index contributed by atoms with van der Waals surface area (Å²) in [6, 6.07) is 15.8. The van der Waals surface area contributed by atoms with Gasteiger partial charge in [-0.15, -0.1) is 0 Å². The van der Waals surface area contributed by atoms with E-state index < -0.39 is 22.2 Å². The summed E-state index contributed by atoms with van der Waals surface area (Å²) in [5, 5.41) is 0. The summed E-state index contributed by atoms with van der Waals surface area (Å²) in [4.78, 5) is 11.3. The molecule has 0 aliphatic heterocycles. The molecule has 0 radical (unpaired) electrons. The number of hydrogen-bond donors (Lipinski definition) is 0. The topological polar surface area (TPSA) is 78.9 Å². The number of carbonyl (C=O) groups excluding carboxylic acids is 1. The van der Waals surface area contributed by atoms with Crippen molar-refractivity contribution in [1.29, 1.82) is 0 Å². The molecule has 2 aromatic rings. The van der Waals surface area contributed by atoms with Crippen LogP contribution in [-0.4, -0.2) is 33.7 Å². The number of ether oxygens (including phenoxy) is 2. The molecule has 2 aromatic carbocycles. The first-order valence-electron chi connectivity index (χ1n) is 8.12. The molecule has 0 aromatic heterocycles. The predicted molar refractivity (Wildman–Crippen MR) is 96.0 cm³/mol. The Kier molecular flexibility index (Phi) is 7.32. The van der Waals surface area contributed by atoms with E-state index in [-0.39, 0.29) is 18.1 Å². The minimum atomic E-state index is -3.93. The van der Waals surface area contributed by atoms with E-state index >= 15 is 0 Å². The molecule has 0 bridgehead atoms. The van der Waals surface area contributed by atoms with Gasteiger partial charge in [-0.05, 0) is 24.6 Å². The highest BCUT2D eigenvalue weighted by molar-refractivity contribution is 7.86. The van der Waals surface area contributed by atoms with Crippen molar-refractivity contribution in [3.8, 4) is 0 Å². The summed E-state index contributed by atoms with van der Waals surface area (Å²) in [6.45, 7) is 3.14. The standard InChI is InChI=1S/C19H22O6S/c1-15-8-10-19(11-9-15)26(21,22)24-14-18(25-16(2)20)13-23-12-17-6-4-3-5-7-17/h3-11,18H,12-14H2,1-2H3/t18-/m0/s1. The van der Waals surface area contributed by atoms with Crippen LogP contribution in [0.5, 0.6) is 0 Å². The number of carbonyl (C=O) groups is 1. The Labute approximate surface area is 153 Å². The van der Waals surface area contributed by atoms with Gasteiger partial charge in [-0.3, -0.25) is 8.98 Å². The minimum absolute atomic E-state index is 0.0257. The van der Waals surface area contributed by atoms with Gasteiger partial charge in [-0.25, -0.2) is 0 Å². The molecular formula is C19H22O6S. The maximum absolute atomic E-state index is 12.2. The quantitative estimate of drug-likeness (QED) is 0.493. The van der Waals surface area contributed by atoms with Crippen LogP contribution in [0, 0.1) is 6.92 Å². The molecule has 26 heavy (non-hydrogen) atoms. The lowest BCUT2D eigenvalue weighted by molar-refractivity contribution is -0.151. The first kappa shape index (κ1) is 20.1. The van der Waals surface area contributed by atoms with Crippen molar-refractivity contribution in [3.05, 3.63) is 65.7 Å². The van der Waals surface area contributed by atoms with Crippen molar-refractivity contribution in [3.63, 3.8) is 0 Å². The molecule has 0 heterocycles. The predicted octanol–water partition coefficient (Wildman–Crippen LogP) is 2.85. The molecule has 2 rings (SSSR count). The fraction of sp³-hybridized carbons (Fsp3) is 0.316. The molecule has 0 fully saturated rings. The van der Waals surface area contributed by atoms with E-state index in [1.165, 1.54) is 19.1 Å². The zero-order valence-corrected chi connectivity index (χ0v) is 15.6. The van der Waals surface area contributed by atoms with Crippen molar-refractivity contribution in [2.24, 2.45) is 0 Å². The summed E-state index contributed by atoms with van der Waals surface area (Å²) in [6.07, 6.45) is -0.823. The van der Waals surface area contributed by atoms with Gasteiger partial charge in [-0.1, -0.05) is 48.0 Å². The lowest BCUT2D eigenvalue weighted by Crippen LogP contribution is -2.29. The molecular weight excluding hydrogens is 356 g/mol. The van der Waals surface area contributed by atoms with Crippen LogP contribution < -0.4 is 0 Å². The van der Waals surface area contributed by atoms with Crippen LogP contribution in [0.4, 0.5) is 0 Å². The maximum Gasteiger partial charge on any atom is 0.303 e. The lowest BCUT2D eigenvalue weighted by Gasteiger charge is -2.17. The molecule has 0 aliphatic carbocycles. The third kappa shape index (κ3) is 6.59. The fourth-order valence-electron chi connectivity index (χ4n) is 2.17. The van der Waals surface area contributed by atoms with Gasteiger partial charge >= 0.3 is 5.97 Å². The zero-order valence-electron chi connectivity index (χ0n) is 14.8. The highest BCUT2D eigenvalue weighted by atomic mass is 32.2. The van der Waals surface area contributed by atoms with E-state index in [1.807, 2.05) is 37.3 Å². The Morgan fingerprint density at radius 2 is 1.65 bits per heavy atom. The summed E-state index contributed by atoms with van der Waals surface area (Å²) >= 11 is 0. The van der Waals surface area contributed by atoms with Gasteiger partial charge in [-0.2, -0.15) is 8.42 Å². The van der Waals surface area contributed by atoms with Gasteiger partial charge in [0.1, 0.15) is 12.7 Å². The Morgan fingerprint density at radius 3 is 2.27 bits per heavy atom. The molecule has 1 atom stereocenters. The molecule has 0 saturated carbocycles. The molecule has 0 amide bonds. The number of hydrogen-bond acceptors (Lipinski definition) is 6. The van der Waals surface area contributed by atoms with Crippen molar-refractivity contribution < 1.29 is 26.9 Å². The number of aryl methyl sites for hydroxylation is 1. The third-order valence-electron chi connectivity index (χ3n) is 3.47. The number of esters is 1. The smallest absolute Gasteiger partial charge is 0.303 e. The zero-order chi connectivity index (χ0) is 19.0. The molecule has 0 unspecified atom stereocenters. The van der Waals surface area contributed by atoms with Gasteiger partial charge in [0.2, 0.25) is 0 Å². The Balaban J connectivity index is 1.92. The summed E-state index contributed by atoms with van der Waals surface area (Å²) < 4.78 is 40.1. The highest BCUT2D eigenvalue weighted by Gasteiger charge is 2.20. The molecule has 0 N–H and O–H groups in total. The van der Waals surface area contributed by atoms with Crippen molar-refractivity contribution in [1.82, 2.24) is 0 Å². The van der Waals surface area contributed by atoms with Gasteiger partial charge < -0.3 is 9.47 Å². The van der Waals surface area contributed by atoms with Gasteiger partial charge in [0, 0.05) is 6.92 Å². The Bertz CT molecular complexity index is 800. The molecule has 7 heteroatoms. The average molecular weight is 378 g/mol. The van der Waals surface area contributed by atoms with Crippen LogP contribution in [0.25, 0.3) is 0 Å². The van der Waals surface area contributed by atoms with Crippen molar-refractivity contribution in [2.45, 2.75) is 31.5 Å². The number of rotatable bonds is 9. The first-order chi connectivity index (χ1) is 12.4. The van der Waals surface area contributed by atoms with E-state index in [2.05, 4.69) is 0 Å². The van der Waals surface area contributed by atoms with Crippen LogP contribution in [0.3, 0.4) is 0 Å². The third-order valence-corrected chi connectivity index (χ3v) is 4.76. The normalized spacial score (nSPS) is 12.5. The second kappa shape index (κ2) is 9.47. The molecule has 6 nitrogen and oxygen atoms in total. The molecule has 0 spiro atoms. The molecule has 0 saturated heterocycles. The summed E-state index contributed by atoms with van der Waals surface area (Å²) in [7, 11) is -3.93. The second-order valence-corrected chi connectivity index (χ2v) is 7.40. The Morgan fingerprint density at radius 1 is 1.00 bits per heavy atom. The van der Waals surface area contributed by atoms with Crippen LogP contribution in [0.2, 0.25) is 0 Å². The average Bonchev–Trinajstić information content (AvgIpc) is 2.60. The molecule has 0 aliphatic rings. The lowest BCUT2D eigenvalue weighted by atomic mass is 10.2. The second-order valence-electron chi connectivity index (χ2n) is 5.78. The maximum atomic E-state index is 12.2. The first-order valence-corrected chi connectivity index (χ1v) is 9.52. The van der Waals surface area contributed by atoms with Crippen LogP contribution >= 0.6 is 0 Å². The van der Waals surface area contributed by atoms with Gasteiger partial charge in [0.25, 0.3) is 10.1 Å². The fourth-order valence-corrected chi connectivity index (χ4v) is 3.11. The Hall–Kier alpha value is -2.22. The van der Waals surface area contributed by atoms with E-state index in [0.29, 0.717) is 6.61 Å². The number of benzene rings is 2. The van der Waals surface area contributed by atoms with Gasteiger partial charge in [0.15, 0.2) is 0 Å². The SMILES string of the molecule is CC(=O)O[C@@H](COCc1ccccc1)COS(=O)(=O)c1ccc(C)cc1. The van der Waals surface area contributed by atoms with Crippen molar-refractivity contribution >= 4 is 16.1 Å². The molecule has 140 valence electrons. The van der Waals surface area contributed by atoms with Crippen LogP contribution in [0.1, 0.15) is 18.1 Å². The van der Waals surface area contributed by atoms with E-state index in [1.54, 1.807) is 12.1 Å². The van der Waals surface area contributed by atoms with Crippen LogP contribution in [-0.2, 0) is 35.2 Å². The van der Waals surface area contributed by atoms with Crippen LogP contribution in [0.15, 0.2) is 59.5 Å². The van der Waals surface area contributed by atoms with E-state index in [9.17, 15) is 13.2 Å². The van der Waals surface area contributed by atoms with Crippen molar-refractivity contribution in [2.75, 3.05) is 13.2 Å². The minimum Gasteiger partial charge on any atom is -0.458 e. The largest absolute Gasteiger partial charge is 0.458 e. The van der Waals surface area contributed by atoms with E-state index in [4.69, 9.17) is 13.7 Å². The van der Waals surface area contributed by atoms with E-state index in [0.717, 1.165) is 11.1 Å². The summed E-state index contributed by atoms with van der Waals surface area (Å²) in [5.74, 6) is -0.533.